The minimum absolute atomic E-state index is 0.0304. The molecule has 1 saturated heterocycles. The number of amides is 1. The van der Waals surface area contributed by atoms with Gasteiger partial charge in [0.25, 0.3) is 0 Å². The molecule has 1 aliphatic heterocycles. The number of sulfonamides is 1. The van der Waals surface area contributed by atoms with E-state index in [1.165, 1.54) is 10.4 Å². The van der Waals surface area contributed by atoms with Gasteiger partial charge in [-0.25, -0.2) is 12.8 Å². The van der Waals surface area contributed by atoms with Crippen LogP contribution in [0.2, 0.25) is 5.02 Å². The van der Waals surface area contributed by atoms with Gasteiger partial charge in [0.05, 0.1) is 22.7 Å². The molecule has 2 heterocycles. The van der Waals surface area contributed by atoms with Gasteiger partial charge in [-0.3, -0.25) is 4.79 Å². The van der Waals surface area contributed by atoms with Crippen LogP contribution >= 0.6 is 11.6 Å². The summed E-state index contributed by atoms with van der Waals surface area (Å²) in [6, 6.07) is 16.7. The maximum absolute atomic E-state index is 13.4. The van der Waals surface area contributed by atoms with Crippen LogP contribution in [0.25, 0.3) is 0 Å². The first-order valence-electron chi connectivity index (χ1n) is 10.6. The second kappa shape index (κ2) is 10.1. The monoisotopic (exact) mass is 490 g/mol. The lowest BCUT2D eigenvalue weighted by molar-refractivity contribution is -0.138. The molecule has 0 spiro atoms. The number of furan rings is 1. The van der Waals surface area contributed by atoms with Crippen molar-refractivity contribution in [3.05, 3.63) is 89.1 Å². The fraction of sp³-hybridized carbons (Fsp3) is 0.292. The van der Waals surface area contributed by atoms with Crippen molar-refractivity contribution in [3.63, 3.8) is 0 Å². The SMILES string of the molecule is O=C(C1CCN(S(=O)(=O)c2ccc(F)c(Cl)c2)CC1)N(Cc1ccccc1)Cc1ccco1. The fourth-order valence-corrected chi connectivity index (χ4v) is 5.74. The molecule has 1 aliphatic rings. The average Bonchev–Trinajstić information content (AvgIpc) is 3.34. The molecule has 0 atom stereocenters. The van der Waals surface area contributed by atoms with Crippen LogP contribution in [-0.2, 0) is 27.9 Å². The van der Waals surface area contributed by atoms with Gasteiger partial charge in [-0.1, -0.05) is 41.9 Å². The number of hydrogen-bond donors (Lipinski definition) is 0. The van der Waals surface area contributed by atoms with Crippen LogP contribution < -0.4 is 0 Å². The van der Waals surface area contributed by atoms with Crippen molar-refractivity contribution in [2.24, 2.45) is 5.92 Å². The van der Waals surface area contributed by atoms with E-state index >= 15 is 0 Å². The van der Waals surface area contributed by atoms with E-state index in [0.717, 1.165) is 17.7 Å². The molecule has 3 aromatic rings. The van der Waals surface area contributed by atoms with Gasteiger partial charge in [-0.2, -0.15) is 4.31 Å². The highest BCUT2D eigenvalue weighted by Crippen LogP contribution is 2.28. The Morgan fingerprint density at radius 1 is 1.06 bits per heavy atom. The number of benzene rings is 2. The summed E-state index contributed by atoms with van der Waals surface area (Å²) in [7, 11) is -3.82. The van der Waals surface area contributed by atoms with Crippen LogP contribution in [0.5, 0.6) is 0 Å². The fourth-order valence-electron chi connectivity index (χ4n) is 3.99. The number of rotatable bonds is 7. The first kappa shape index (κ1) is 23.5. The smallest absolute Gasteiger partial charge is 0.243 e. The average molecular weight is 491 g/mol. The third-order valence-electron chi connectivity index (χ3n) is 5.79. The van der Waals surface area contributed by atoms with Crippen LogP contribution in [0.1, 0.15) is 24.2 Å². The second-order valence-electron chi connectivity index (χ2n) is 8.01. The first-order chi connectivity index (χ1) is 15.8. The molecule has 1 fully saturated rings. The summed E-state index contributed by atoms with van der Waals surface area (Å²) in [5.41, 5.74) is 1.01. The molecule has 4 rings (SSSR count). The number of carbonyl (C=O) groups excluding carboxylic acids is 1. The molecule has 1 amide bonds. The van der Waals surface area contributed by atoms with Crippen molar-refractivity contribution in [1.82, 2.24) is 9.21 Å². The molecule has 9 heteroatoms. The Hall–Kier alpha value is -2.68. The Balaban J connectivity index is 1.45. The molecule has 6 nitrogen and oxygen atoms in total. The van der Waals surface area contributed by atoms with Crippen LogP contribution in [-0.4, -0.2) is 36.6 Å². The van der Waals surface area contributed by atoms with Gasteiger partial charge in [0, 0.05) is 25.6 Å². The zero-order chi connectivity index (χ0) is 23.4. The second-order valence-corrected chi connectivity index (χ2v) is 10.4. The van der Waals surface area contributed by atoms with Crippen molar-refractivity contribution in [3.8, 4) is 0 Å². The van der Waals surface area contributed by atoms with E-state index in [-0.39, 0.29) is 34.8 Å². The zero-order valence-electron chi connectivity index (χ0n) is 17.9. The highest BCUT2D eigenvalue weighted by Gasteiger charge is 2.34. The maximum Gasteiger partial charge on any atom is 0.243 e. The molecule has 2 aromatic carbocycles. The Morgan fingerprint density at radius 3 is 2.42 bits per heavy atom. The lowest BCUT2D eigenvalue weighted by Crippen LogP contribution is -2.44. The summed E-state index contributed by atoms with van der Waals surface area (Å²) in [5, 5.41) is -0.240. The number of carbonyl (C=O) groups is 1. The molecule has 0 unspecified atom stereocenters. The first-order valence-corrected chi connectivity index (χ1v) is 12.5. The summed E-state index contributed by atoms with van der Waals surface area (Å²) in [5.74, 6) is -0.313. The van der Waals surface area contributed by atoms with Gasteiger partial charge < -0.3 is 9.32 Å². The van der Waals surface area contributed by atoms with Gasteiger partial charge in [0.15, 0.2) is 0 Å². The predicted molar refractivity (Wildman–Crippen MR) is 122 cm³/mol. The number of piperidine rings is 1. The van der Waals surface area contributed by atoms with E-state index in [4.69, 9.17) is 16.0 Å². The van der Waals surface area contributed by atoms with E-state index < -0.39 is 15.8 Å². The lowest BCUT2D eigenvalue weighted by Gasteiger charge is -2.33. The van der Waals surface area contributed by atoms with Crippen molar-refractivity contribution < 1.29 is 22.0 Å². The van der Waals surface area contributed by atoms with E-state index in [1.54, 1.807) is 17.2 Å². The number of halogens is 2. The third-order valence-corrected chi connectivity index (χ3v) is 7.97. The highest BCUT2D eigenvalue weighted by molar-refractivity contribution is 7.89. The maximum atomic E-state index is 13.4. The van der Waals surface area contributed by atoms with Crippen molar-refractivity contribution in [2.45, 2.75) is 30.8 Å². The Morgan fingerprint density at radius 2 is 1.79 bits per heavy atom. The molecule has 1 aromatic heterocycles. The quantitative estimate of drug-likeness (QED) is 0.481. The van der Waals surface area contributed by atoms with E-state index in [0.29, 0.717) is 31.7 Å². The summed E-state index contributed by atoms with van der Waals surface area (Å²) in [6.07, 6.45) is 2.37. The highest BCUT2D eigenvalue weighted by atomic mass is 35.5. The van der Waals surface area contributed by atoms with Gasteiger partial charge in [-0.15, -0.1) is 0 Å². The van der Waals surface area contributed by atoms with Gasteiger partial charge >= 0.3 is 0 Å². The lowest BCUT2D eigenvalue weighted by atomic mass is 9.96. The molecule has 0 aliphatic carbocycles. The Kier molecular flexibility index (Phi) is 7.17. The zero-order valence-corrected chi connectivity index (χ0v) is 19.4. The van der Waals surface area contributed by atoms with E-state index in [2.05, 4.69) is 0 Å². The standard InChI is InChI=1S/C24H24ClFN2O4S/c25-22-15-21(8-9-23(22)26)33(30,31)28-12-10-19(11-13-28)24(29)27(17-20-7-4-14-32-20)16-18-5-2-1-3-6-18/h1-9,14-15,19H,10-13,16-17H2. The molecule has 174 valence electrons. The Labute approximate surface area is 197 Å². The summed E-state index contributed by atoms with van der Waals surface area (Å²) in [4.78, 5) is 15.1. The largest absolute Gasteiger partial charge is 0.467 e. The normalized spacial score (nSPS) is 15.5. The van der Waals surface area contributed by atoms with Crippen LogP contribution in [0.4, 0.5) is 4.39 Å². The van der Waals surface area contributed by atoms with Gasteiger partial charge in [0.1, 0.15) is 11.6 Å². The Bertz CT molecular complexity index is 1190. The number of nitrogens with zero attached hydrogens (tertiary/aromatic N) is 2. The van der Waals surface area contributed by atoms with E-state index in [9.17, 15) is 17.6 Å². The minimum Gasteiger partial charge on any atom is -0.467 e. The molecular weight excluding hydrogens is 467 g/mol. The molecule has 0 saturated carbocycles. The summed E-state index contributed by atoms with van der Waals surface area (Å²) < 4.78 is 46.1. The summed E-state index contributed by atoms with van der Waals surface area (Å²) >= 11 is 5.77. The van der Waals surface area contributed by atoms with Gasteiger partial charge in [-0.05, 0) is 48.7 Å². The van der Waals surface area contributed by atoms with Crippen molar-refractivity contribution in [2.75, 3.05) is 13.1 Å². The molecule has 0 bridgehead atoms. The molecule has 0 N–H and O–H groups in total. The van der Waals surface area contributed by atoms with E-state index in [1.807, 2.05) is 36.4 Å². The third kappa shape index (κ3) is 5.46. The van der Waals surface area contributed by atoms with Gasteiger partial charge in [0.2, 0.25) is 15.9 Å². The molecule has 33 heavy (non-hydrogen) atoms. The number of hydrogen-bond acceptors (Lipinski definition) is 4. The van der Waals surface area contributed by atoms with Crippen LogP contribution in [0, 0.1) is 11.7 Å². The topological polar surface area (TPSA) is 70.8 Å². The summed E-state index contributed by atoms with van der Waals surface area (Å²) in [6.45, 7) is 1.18. The molecule has 0 radical (unpaired) electrons. The predicted octanol–water partition coefficient (Wildman–Crippen LogP) is 4.70. The van der Waals surface area contributed by atoms with Crippen LogP contribution in [0.15, 0.2) is 76.2 Å². The van der Waals surface area contributed by atoms with Crippen LogP contribution in [0.3, 0.4) is 0 Å². The molecular formula is C24H24ClFN2O4S. The minimum atomic E-state index is -3.82. The van der Waals surface area contributed by atoms with Crippen molar-refractivity contribution in [1.29, 1.82) is 0 Å². The van der Waals surface area contributed by atoms with Crippen molar-refractivity contribution >= 4 is 27.5 Å².